The number of hydrogen-bond acceptors (Lipinski definition) is 3. The summed E-state index contributed by atoms with van der Waals surface area (Å²) in [6.45, 7) is 4.20. The molecular weight excluding hydrogens is 290 g/mol. The van der Waals surface area contributed by atoms with E-state index in [0.29, 0.717) is 6.54 Å². The second kappa shape index (κ2) is 8.08. The summed E-state index contributed by atoms with van der Waals surface area (Å²) in [4.78, 5) is 14.0. The Morgan fingerprint density at radius 2 is 2.09 bits per heavy atom. The van der Waals surface area contributed by atoms with Gasteiger partial charge in [-0.1, -0.05) is 6.92 Å². The smallest absolute Gasteiger partial charge is 0.410 e. The molecule has 0 atom stereocenters. The van der Waals surface area contributed by atoms with E-state index in [0.717, 1.165) is 44.5 Å². The molecule has 22 heavy (non-hydrogen) atoms. The van der Waals surface area contributed by atoms with Crippen molar-refractivity contribution >= 4 is 6.09 Å². The Kier molecular flexibility index (Phi) is 6.12. The quantitative estimate of drug-likeness (QED) is 0.908. The third-order valence-corrected chi connectivity index (χ3v) is 3.81. The van der Waals surface area contributed by atoms with E-state index >= 15 is 0 Å². The summed E-state index contributed by atoms with van der Waals surface area (Å²) >= 11 is 0. The van der Waals surface area contributed by atoms with Crippen molar-refractivity contribution in [2.24, 2.45) is 0 Å². The summed E-state index contributed by atoms with van der Waals surface area (Å²) in [5.41, 5.74) is 0.177. The minimum Gasteiger partial charge on any atom is -0.444 e. The Morgan fingerprint density at radius 1 is 1.36 bits per heavy atom. The number of nitrogens with one attached hydrogen (secondary N) is 1. The molecule has 1 aliphatic rings. The predicted molar refractivity (Wildman–Crippen MR) is 79.4 cm³/mol. The van der Waals surface area contributed by atoms with Crippen LogP contribution in [0.15, 0.2) is 18.2 Å². The van der Waals surface area contributed by atoms with Crippen LogP contribution in [0, 0.1) is 11.6 Å². The van der Waals surface area contributed by atoms with Crippen LogP contribution in [0.1, 0.15) is 31.7 Å². The van der Waals surface area contributed by atoms with Crippen LogP contribution in [0.4, 0.5) is 13.6 Å². The molecule has 0 spiro atoms. The first-order chi connectivity index (χ1) is 10.6. The van der Waals surface area contributed by atoms with Crippen LogP contribution < -0.4 is 5.32 Å². The normalized spacial score (nSPS) is 15.6. The number of hydrogen-bond donors (Lipinski definition) is 1. The molecule has 2 rings (SSSR count). The summed E-state index contributed by atoms with van der Waals surface area (Å²) in [6, 6.07) is 3.40. The van der Waals surface area contributed by atoms with Crippen LogP contribution in [0.3, 0.4) is 0 Å². The topological polar surface area (TPSA) is 41.6 Å². The lowest BCUT2D eigenvalue weighted by molar-refractivity contribution is 0.0727. The Labute approximate surface area is 129 Å². The SMILES string of the molecule is CCCN(C(=O)OCc1ccc(F)cc1F)C1CCNCC1. The molecule has 1 saturated heterocycles. The molecule has 4 nitrogen and oxygen atoms in total. The minimum absolute atomic E-state index is 0.159. The van der Waals surface area contributed by atoms with Gasteiger partial charge in [0.2, 0.25) is 0 Å². The number of benzene rings is 1. The molecule has 6 heteroatoms. The third-order valence-electron chi connectivity index (χ3n) is 3.81. The van der Waals surface area contributed by atoms with Gasteiger partial charge in [0.25, 0.3) is 0 Å². The molecule has 0 aromatic heterocycles. The average molecular weight is 312 g/mol. The van der Waals surface area contributed by atoms with E-state index < -0.39 is 17.7 Å². The summed E-state index contributed by atoms with van der Waals surface area (Å²) in [5, 5.41) is 3.26. The highest BCUT2D eigenvalue weighted by molar-refractivity contribution is 5.68. The van der Waals surface area contributed by atoms with Gasteiger partial charge in [-0.15, -0.1) is 0 Å². The van der Waals surface area contributed by atoms with Crippen molar-refractivity contribution in [2.75, 3.05) is 19.6 Å². The monoisotopic (exact) mass is 312 g/mol. The zero-order valence-electron chi connectivity index (χ0n) is 12.8. The van der Waals surface area contributed by atoms with Crippen LogP contribution >= 0.6 is 0 Å². The molecule has 1 amide bonds. The molecule has 1 aromatic carbocycles. The number of nitrogens with zero attached hydrogens (tertiary/aromatic N) is 1. The summed E-state index contributed by atoms with van der Waals surface area (Å²) in [7, 11) is 0. The Bertz CT molecular complexity index is 505. The predicted octanol–water partition coefficient (Wildman–Crippen LogP) is 3.07. The zero-order valence-corrected chi connectivity index (χ0v) is 12.8. The van der Waals surface area contributed by atoms with Gasteiger partial charge in [-0.3, -0.25) is 0 Å². The summed E-state index contributed by atoms with van der Waals surface area (Å²) in [5.74, 6) is -1.34. The highest BCUT2D eigenvalue weighted by Crippen LogP contribution is 2.16. The lowest BCUT2D eigenvalue weighted by atomic mass is 10.1. The van der Waals surface area contributed by atoms with Gasteiger partial charge in [0.15, 0.2) is 0 Å². The van der Waals surface area contributed by atoms with E-state index in [-0.39, 0.29) is 18.2 Å². The molecule has 1 aliphatic heterocycles. The van der Waals surface area contributed by atoms with E-state index in [9.17, 15) is 13.6 Å². The zero-order chi connectivity index (χ0) is 15.9. The standard InChI is InChI=1S/C16H22F2N2O2/c1-2-9-20(14-5-7-19-8-6-14)16(21)22-11-12-3-4-13(17)10-15(12)18/h3-4,10,14,19H,2,5-9,11H2,1H3. The number of ether oxygens (including phenoxy) is 1. The molecule has 0 unspecified atom stereocenters. The van der Waals surface area contributed by atoms with E-state index in [4.69, 9.17) is 4.74 Å². The maximum absolute atomic E-state index is 13.6. The van der Waals surface area contributed by atoms with Crippen LogP contribution in [0.25, 0.3) is 0 Å². The van der Waals surface area contributed by atoms with Crippen LogP contribution in [0.2, 0.25) is 0 Å². The fourth-order valence-electron chi connectivity index (χ4n) is 2.64. The third kappa shape index (κ3) is 4.40. The van der Waals surface area contributed by atoms with Crippen molar-refractivity contribution in [3.05, 3.63) is 35.4 Å². The molecular formula is C16H22F2N2O2. The number of piperidine rings is 1. The van der Waals surface area contributed by atoms with Gasteiger partial charge < -0.3 is 15.0 Å². The first kappa shape index (κ1) is 16.7. The lowest BCUT2D eigenvalue weighted by Crippen LogP contribution is -2.46. The molecule has 0 radical (unpaired) electrons. The van der Waals surface area contributed by atoms with Crippen molar-refractivity contribution in [1.29, 1.82) is 0 Å². The lowest BCUT2D eigenvalue weighted by Gasteiger charge is -2.33. The van der Waals surface area contributed by atoms with Gasteiger partial charge in [0, 0.05) is 24.2 Å². The van der Waals surface area contributed by atoms with Gasteiger partial charge in [0.1, 0.15) is 18.2 Å². The number of halogens is 2. The summed E-state index contributed by atoms with van der Waals surface area (Å²) in [6.07, 6.45) is 2.18. The highest BCUT2D eigenvalue weighted by Gasteiger charge is 2.25. The molecule has 1 N–H and O–H groups in total. The van der Waals surface area contributed by atoms with Crippen LogP contribution in [-0.4, -0.2) is 36.7 Å². The fraction of sp³-hybridized carbons (Fsp3) is 0.562. The summed E-state index contributed by atoms with van der Waals surface area (Å²) < 4.78 is 31.6. The maximum atomic E-state index is 13.6. The van der Waals surface area contributed by atoms with Gasteiger partial charge in [-0.05, 0) is 44.5 Å². The van der Waals surface area contributed by atoms with Crippen molar-refractivity contribution in [1.82, 2.24) is 10.2 Å². The number of amides is 1. The average Bonchev–Trinajstić information content (AvgIpc) is 2.52. The Balaban J connectivity index is 1.95. The molecule has 1 heterocycles. The van der Waals surface area contributed by atoms with Crippen LogP contribution in [-0.2, 0) is 11.3 Å². The van der Waals surface area contributed by atoms with Crippen molar-refractivity contribution in [2.45, 2.75) is 38.8 Å². The first-order valence-electron chi connectivity index (χ1n) is 7.70. The van der Waals surface area contributed by atoms with Crippen molar-refractivity contribution in [3.8, 4) is 0 Å². The van der Waals surface area contributed by atoms with E-state index in [2.05, 4.69) is 5.32 Å². The van der Waals surface area contributed by atoms with Gasteiger partial charge in [-0.25, -0.2) is 13.6 Å². The largest absolute Gasteiger partial charge is 0.444 e. The molecule has 1 fully saturated rings. The van der Waals surface area contributed by atoms with Gasteiger partial charge in [-0.2, -0.15) is 0 Å². The van der Waals surface area contributed by atoms with Crippen molar-refractivity contribution in [3.63, 3.8) is 0 Å². The maximum Gasteiger partial charge on any atom is 0.410 e. The minimum atomic E-state index is -0.697. The van der Waals surface area contributed by atoms with E-state index in [1.54, 1.807) is 4.90 Å². The molecule has 122 valence electrons. The van der Waals surface area contributed by atoms with Crippen molar-refractivity contribution < 1.29 is 18.3 Å². The van der Waals surface area contributed by atoms with E-state index in [1.165, 1.54) is 6.07 Å². The molecule has 0 bridgehead atoms. The second-order valence-corrected chi connectivity index (χ2v) is 5.46. The van der Waals surface area contributed by atoms with Crippen LogP contribution in [0.5, 0.6) is 0 Å². The van der Waals surface area contributed by atoms with Gasteiger partial charge >= 0.3 is 6.09 Å². The second-order valence-electron chi connectivity index (χ2n) is 5.46. The Morgan fingerprint density at radius 3 is 2.73 bits per heavy atom. The van der Waals surface area contributed by atoms with E-state index in [1.807, 2.05) is 6.92 Å². The molecule has 0 saturated carbocycles. The number of carbonyl (C=O) groups excluding carboxylic acids is 1. The fourth-order valence-corrected chi connectivity index (χ4v) is 2.64. The van der Waals surface area contributed by atoms with Gasteiger partial charge in [0.05, 0.1) is 0 Å². The highest BCUT2D eigenvalue weighted by atomic mass is 19.1. The first-order valence-corrected chi connectivity index (χ1v) is 7.70. The Hall–Kier alpha value is -1.69. The molecule has 1 aromatic rings. The number of rotatable bonds is 5. The molecule has 0 aliphatic carbocycles. The number of carbonyl (C=O) groups is 1.